The second kappa shape index (κ2) is 24.1. The number of methoxy groups -OCH3 is 1. The molecule has 6 aromatic rings. The zero-order valence-corrected chi connectivity index (χ0v) is 44.2. The Morgan fingerprint density at radius 3 is 2.38 bits per heavy atom. The highest BCUT2D eigenvalue weighted by Crippen LogP contribution is 2.53. The molecule has 2 atom stereocenters. The Bertz CT molecular complexity index is 2890. The SMILES string of the molecule is COCCOCCOCC1(F)CCC(c2nccc(COc3ccc4cc3C[C@H](C(=O)O)Oc3ncnc5sc(-c6ccc(F)cc6)c(c35)-c3c(C)c(Cl)c(c(Cl)c3C)O[C@H](CN3CCN(C)CC3)CO4)n2)CC1. The lowest BCUT2D eigenvalue weighted by Crippen LogP contribution is -2.49. The van der Waals surface area contributed by atoms with E-state index in [9.17, 15) is 14.3 Å². The number of likely N-dealkylation sites (N-methyl/N-ethyl adjacent to an activating group) is 1. The number of carbonyl (C=O) groups is 1. The molecule has 1 N–H and O–H groups in total. The minimum absolute atomic E-state index is 0.00103. The molecular weight excluding hydrogens is 1020 g/mol. The standard InChI is InChI=1S/C54H60Cl2F2N6O9S/c1-32-43-33(2)47(56)48(46(32)55)72-40(27-64-19-17-63(3)18-20-64)29-70-39-9-10-41(71-28-38-13-16-59-50(62-38)35-11-14-54(58,15-12-35)30-69-24-23-68-22-21-67-4)36(25-39)26-42(53(65)66)73-51-45-44(43)49(74-52(45)61-31-60-51)34-5-7-37(57)8-6-34/h5-10,13,16,25,31,35,40,42H,11-12,14-15,17-24,26-30H2,1-4H3,(H,65,66)/t35?,40-,42-,54?/m1/s1. The van der Waals surface area contributed by atoms with E-state index in [0.717, 1.165) is 26.2 Å². The number of carboxylic acids is 1. The molecule has 10 rings (SSSR count). The quantitative estimate of drug-likeness (QED) is 0.0912. The Morgan fingerprint density at radius 1 is 0.919 bits per heavy atom. The summed E-state index contributed by atoms with van der Waals surface area (Å²) in [6.45, 7) is 9.40. The number of thiophene rings is 1. The second-order valence-corrected chi connectivity index (χ2v) is 20.9. The number of rotatable bonds is 16. The Kier molecular flexibility index (Phi) is 17.5. The second-order valence-electron chi connectivity index (χ2n) is 19.1. The molecule has 0 amide bonds. The zero-order chi connectivity index (χ0) is 51.9. The summed E-state index contributed by atoms with van der Waals surface area (Å²) < 4.78 is 72.6. The van der Waals surface area contributed by atoms with E-state index in [1.807, 2.05) is 13.8 Å². The summed E-state index contributed by atoms with van der Waals surface area (Å²) in [6.07, 6.45) is 2.53. The molecule has 3 aromatic carbocycles. The molecule has 6 heterocycles. The highest BCUT2D eigenvalue weighted by Gasteiger charge is 2.37. The summed E-state index contributed by atoms with van der Waals surface area (Å²) in [5.74, 6) is 0.0287. The Morgan fingerprint density at radius 2 is 1.65 bits per heavy atom. The van der Waals surface area contributed by atoms with Crippen LogP contribution in [0.5, 0.6) is 23.1 Å². The first-order valence-electron chi connectivity index (χ1n) is 24.8. The molecule has 1 saturated heterocycles. The fourth-order valence-electron chi connectivity index (χ4n) is 9.71. The van der Waals surface area contributed by atoms with Crippen LogP contribution in [0.25, 0.3) is 31.8 Å². The number of hydrogen-bond acceptors (Lipinski definition) is 15. The summed E-state index contributed by atoms with van der Waals surface area (Å²) in [7, 11) is 3.70. The van der Waals surface area contributed by atoms with Gasteiger partial charge in [0.25, 0.3) is 0 Å². The maximum Gasteiger partial charge on any atom is 0.345 e. The summed E-state index contributed by atoms with van der Waals surface area (Å²) >= 11 is 16.0. The van der Waals surface area contributed by atoms with Crippen molar-refractivity contribution in [2.75, 3.05) is 86.5 Å². The Balaban J connectivity index is 1.03. The molecule has 20 heteroatoms. The molecule has 1 saturated carbocycles. The molecule has 4 aliphatic rings. The number of aromatic nitrogens is 4. The monoisotopic (exact) mass is 1080 g/mol. The Hall–Kier alpha value is -5.31. The van der Waals surface area contributed by atoms with Crippen LogP contribution in [0.2, 0.25) is 10.0 Å². The number of carboxylic acid groups (broad SMARTS) is 1. The summed E-state index contributed by atoms with van der Waals surface area (Å²) in [5.41, 5.74) is 2.84. The van der Waals surface area contributed by atoms with E-state index in [0.29, 0.717) is 136 Å². The maximum atomic E-state index is 15.8. The van der Waals surface area contributed by atoms with Crippen molar-refractivity contribution in [2.45, 2.75) is 76.4 Å². The van der Waals surface area contributed by atoms with Crippen molar-refractivity contribution in [1.29, 1.82) is 0 Å². The first-order valence-corrected chi connectivity index (χ1v) is 26.4. The number of aliphatic carboxylic acids is 1. The van der Waals surface area contributed by atoms with Gasteiger partial charge in [0, 0.05) is 74.4 Å². The van der Waals surface area contributed by atoms with E-state index in [-0.39, 0.29) is 48.1 Å². The van der Waals surface area contributed by atoms with E-state index in [1.54, 1.807) is 49.7 Å². The van der Waals surface area contributed by atoms with E-state index in [2.05, 4.69) is 31.8 Å². The lowest BCUT2D eigenvalue weighted by atomic mass is 9.80. The molecule has 3 aromatic heterocycles. The van der Waals surface area contributed by atoms with Gasteiger partial charge in [-0.2, -0.15) is 0 Å². The lowest BCUT2D eigenvalue weighted by molar-refractivity contribution is -0.145. The molecule has 394 valence electrons. The maximum absolute atomic E-state index is 15.8. The van der Waals surface area contributed by atoms with Gasteiger partial charge in [-0.15, -0.1) is 11.3 Å². The molecule has 74 heavy (non-hydrogen) atoms. The first-order chi connectivity index (χ1) is 35.8. The summed E-state index contributed by atoms with van der Waals surface area (Å²) in [6, 6.07) is 13.1. The third-order valence-corrected chi connectivity index (χ3v) is 15.9. The number of alkyl halides is 1. The summed E-state index contributed by atoms with van der Waals surface area (Å²) in [4.78, 5) is 37.8. The predicted octanol–water partition coefficient (Wildman–Crippen LogP) is 9.96. The van der Waals surface area contributed by atoms with Crippen molar-refractivity contribution in [3.63, 3.8) is 0 Å². The average molecular weight is 1080 g/mol. The van der Waals surface area contributed by atoms with Gasteiger partial charge in [-0.05, 0) is 105 Å². The van der Waals surface area contributed by atoms with E-state index in [4.69, 9.17) is 61.3 Å². The van der Waals surface area contributed by atoms with E-state index >= 15 is 4.39 Å². The molecule has 3 aliphatic heterocycles. The smallest absolute Gasteiger partial charge is 0.345 e. The van der Waals surface area contributed by atoms with Gasteiger partial charge in [0.15, 0.2) is 5.75 Å². The minimum atomic E-state index is -1.49. The number of ether oxygens (including phenoxy) is 7. The third-order valence-electron chi connectivity index (χ3n) is 13.9. The lowest BCUT2D eigenvalue weighted by Gasteiger charge is -2.35. The van der Waals surface area contributed by atoms with Crippen molar-refractivity contribution >= 4 is 50.7 Å². The van der Waals surface area contributed by atoms with Crippen LogP contribution in [-0.2, 0) is 32.0 Å². The Labute approximate surface area is 443 Å². The van der Waals surface area contributed by atoms with E-state index in [1.165, 1.54) is 29.8 Å². The van der Waals surface area contributed by atoms with Gasteiger partial charge in [0.05, 0.1) is 54.2 Å². The normalized spacial score (nSPS) is 20.7. The van der Waals surface area contributed by atoms with Gasteiger partial charge < -0.3 is 43.2 Å². The number of hydrogen-bond donors (Lipinski definition) is 1. The molecule has 0 spiro atoms. The third kappa shape index (κ3) is 12.5. The van der Waals surface area contributed by atoms with Crippen molar-refractivity contribution in [3.8, 4) is 44.7 Å². The number of benzene rings is 3. The van der Waals surface area contributed by atoms with E-state index < -0.39 is 29.7 Å². The average Bonchev–Trinajstić information content (AvgIpc) is 3.79. The van der Waals surface area contributed by atoms with Crippen LogP contribution < -0.4 is 18.9 Å². The molecule has 4 bridgehead atoms. The van der Waals surface area contributed by atoms with Gasteiger partial charge in [0.1, 0.15) is 59.3 Å². The van der Waals surface area contributed by atoms with Crippen molar-refractivity contribution in [3.05, 3.63) is 105 Å². The van der Waals surface area contributed by atoms with Gasteiger partial charge in [-0.3, -0.25) is 4.90 Å². The number of fused-ring (bicyclic) bond motifs is 7. The van der Waals surface area contributed by atoms with Crippen LogP contribution in [0.1, 0.15) is 59.8 Å². The van der Waals surface area contributed by atoms with Crippen molar-refractivity contribution in [1.82, 2.24) is 29.7 Å². The fraction of sp³-hybridized carbons (Fsp3) is 0.463. The van der Waals surface area contributed by atoms with Gasteiger partial charge >= 0.3 is 5.97 Å². The van der Waals surface area contributed by atoms with Crippen molar-refractivity contribution < 1.29 is 51.8 Å². The minimum Gasteiger partial charge on any atom is -0.490 e. The van der Waals surface area contributed by atoms with Crippen LogP contribution in [0.3, 0.4) is 0 Å². The number of halogens is 4. The summed E-state index contributed by atoms with van der Waals surface area (Å²) in [5, 5.41) is 11.9. The molecule has 0 unspecified atom stereocenters. The fourth-order valence-corrected chi connectivity index (χ4v) is 11.4. The zero-order valence-electron chi connectivity index (χ0n) is 41.8. The van der Waals surface area contributed by atoms with Crippen LogP contribution in [0.4, 0.5) is 8.78 Å². The van der Waals surface area contributed by atoms with Crippen LogP contribution in [0.15, 0.2) is 61.1 Å². The highest BCUT2D eigenvalue weighted by molar-refractivity contribution is 7.22. The van der Waals surface area contributed by atoms with Crippen LogP contribution >= 0.6 is 34.5 Å². The molecule has 15 nitrogen and oxygen atoms in total. The number of piperazine rings is 1. The molecule has 1 aliphatic carbocycles. The topological polar surface area (TPSA) is 160 Å². The highest BCUT2D eigenvalue weighted by atomic mass is 35.5. The number of nitrogens with zero attached hydrogens (tertiary/aromatic N) is 6. The molecule has 0 radical (unpaired) electrons. The molecule has 2 fully saturated rings. The predicted molar refractivity (Wildman–Crippen MR) is 279 cm³/mol. The van der Waals surface area contributed by atoms with Crippen LogP contribution in [-0.4, -0.2) is 145 Å². The van der Waals surface area contributed by atoms with Gasteiger partial charge in [-0.1, -0.05) is 35.3 Å². The first kappa shape index (κ1) is 53.5. The van der Waals surface area contributed by atoms with Crippen molar-refractivity contribution in [2.24, 2.45) is 0 Å². The van der Waals surface area contributed by atoms with Gasteiger partial charge in [-0.25, -0.2) is 33.5 Å². The van der Waals surface area contributed by atoms with Gasteiger partial charge in [0.2, 0.25) is 12.0 Å². The molecular formula is C54H60Cl2F2N6O9S. The largest absolute Gasteiger partial charge is 0.490 e. The van der Waals surface area contributed by atoms with Crippen LogP contribution in [0, 0.1) is 19.7 Å².